The van der Waals surface area contributed by atoms with Crippen molar-refractivity contribution in [1.82, 2.24) is 4.90 Å². The van der Waals surface area contributed by atoms with Crippen molar-refractivity contribution in [3.05, 3.63) is 65.0 Å². The lowest BCUT2D eigenvalue weighted by Crippen LogP contribution is -2.28. The number of rotatable bonds is 3. The maximum atomic E-state index is 13.7. The molecule has 0 aliphatic carbocycles. The summed E-state index contributed by atoms with van der Waals surface area (Å²) in [5.74, 6) is -0.345. The molecule has 0 spiro atoms. The molecule has 1 aliphatic heterocycles. The van der Waals surface area contributed by atoms with Gasteiger partial charge in [-0.15, -0.1) is 0 Å². The number of benzene rings is 2. The van der Waals surface area contributed by atoms with Gasteiger partial charge in [0.2, 0.25) is 0 Å². The lowest BCUT2D eigenvalue weighted by molar-refractivity contribution is 0.0782. The Labute approximate surface area is 129 Å². The number of anilines is 1. The van der Waals surface area contributed by atoms with Crippen LogP contribution in [0.1, 0.15) is 27.9 Å². The molecule has 0 unspecified atom stereocenters. The van der Waals surface area contributed by atoms with Crippen molar-refractivity contribution >= 4 is 11.6 Å². The minimum absolute atomic E-state index is 0.0659. The van der Waals surface area contributed by atoms with Gasteiger partial charge in [0.05, 0.1) is 0 Å². The molecule has 1 heterocycles. The van der Waals surface area contributed by atoms with Crippen molar-refractivity contribution in [2.45, 2.75) is 19.4 Å². The molecule has 3 nitrogen and oxygen atoms in total. The van der Waals surface area contributed by atoms with Gasteiger partial charge in [0, 0.05) is 37.0 Å². The first-order valence-electron chi connectivity index (χ1n) is 7.51. The van der Waals surface area contributed by atoms with Crippen LogP contribution in [0.5, 0.6) is 0 Å². The third-order valence-electron chi connectivity index (χ3n) is 4.04. The number of carbonyl (C=O) groups excluding carboxylic acids is 1. The molecular weight excluding hydrogens is 279 g/mol. The van der Waals surface area contributed by atoms with Crippen molar-refractivity contribution in [3.63, 3.8) is 0 Å². The first kappa shape index (κ1) is 14.6. The molecule has 0 atom stereocenters. The Kier molecular flexibility index (Phi) is 4.09. The Hall–Kier alpha value is -2.36. The van der Waals surface area contributed by atoms with Crippen LogP contribution in [-0.2, 0) is 13.0 Å². The minimum Gasteiger partial charge on any atom is -0.385 e. The standard InChI is InChI=1S/C18H19FN2O/c1-21(12-13-6-2-3-9-16(13)19)18(22)15-7-4-10-17-14(15)8-5-11-20-17/h2-4,6-7,9-10,20H,5,8,11-12H2,1H3. The highest BCUT2D eigenvalue weighted by Crippen LogP contribution is 2.26. The lowest BCUT2D eigenvalue weighted by Gasteiger charge is -2.23. The zero-order chi connectivity index (χ0) is 15.5. The van der Waals surface area contributed by atoms with Gasteiger partial charge in [0.25, 0.3) is 5.91 Å². The number of fused-ring (bicyclic) bond motifs is 1. The van der Waals surface area contributed by atoms with Crippen LogP contribution in [0.25, 0.3) is 0 Å². The number of hydrogen-bond donors (Lipinski definition) is 1. The summed E-state index contributed by atoms with van der Waals surface area (Å²) >= 11 is 0. The van der Waals surface area contributed by atoms with Gasteiger partial charge in [-0.25, -0.2) is 4.39 Å². The van der Waals surface area contributed by atoms with Gasteiger partial charge in [-0.1, -0.05) is 24.3 Å². The highest BCUT2D eigenvalue weighted by Gasteiger charge is 2.20. The molecule has 1 amide bonds. The van der Waals surface area contributed by atoms with E-state index < -0.39 is 0 Å². The van der Waals surface area contributed by atoms with Crippen LogP contribution >= 0.6 is 0 Å². The van der Waals surface area contributed by atoms with Gasteiger partial charge < -0.3 is 10.2 Å². The smallest absolute Gasteiger partial charge is 0.254 e. The number of halogens is 1. The predicted octanol–water partition coefficient (Wildman–Crippen LogP) is 3.46. The molecule has 114 valence electrons. The van der Waals surface area contributed by atoms with E-state index in [4.69, 9.17) is 0 Å². The molecule has 4 heteroatoms. The summed E-state index contributed by atoms with van der Waals surface area (Å²) in [4.78, 5) is 14.3. The van der Waals surface area contributed by atoms with Crippen molar-refractivity contribution in [2.75, 3.05) is 18.9 Å². The van der Waals surface area contributed by atoms with Gasteiger partial charge >= 0.3 is 0 Å². The second-order valence-electron chi connectivity index (χ2n) is 5.61. The zero-order valence-electron chi connectivity index (χ0n) is 12.6. The average molecular weight is 298 g/mol. The van der Waals surface area contributed by atoms with Gasteiger partial charge in [-0.2, -0.15) is 0 Å². The first-order chi connectivity index (χ1) is 10.7. The second-order valence-corrected chi connectivity index (χ2v) is 5.61. The normalized spacial score (nSPS) is 13.2. The molecule has 0 saturated heterocycles. The molecule has 22 heavy (non-hydrogen) atoms. The number of carbonyl (C=O) groups is 1. The molecule has 1 N–H and O–H groups in total. The monoisotopic (exact) mass is 298 g/mol. The Morgan fingerprint density at radius 1 is 1.23 bits per heavy atom. The van der Waals surface area contributed by atoms with Crippen LogP contribution in [0, 0.1) is 5.82 Å². The van der Waals surface area contributed by atoms with E-state index >= 15 is 0 Å². The van der Waals surface area contributed by atoms with Gasteiger partial charge in [-0.3, -0.25) is 4.79 Å². The molecule has 0 aromatic heterocycles. The Morgan fingerprint density at radius 3 is 2.86 bits per heavy atom. The SMILES string of the molecule is CN(Cc1ccccc1F)C(=O)c1cccc2c1CCCN2. The molecule has 0 fully saturated rings. The van der Waals surface area contributed by atoms with Crippen molar-refractivity contribution in [1.29, 1.82) is 0 Å². The highest BCUT2D eigenvalue weighted by atomic mass is 19.1. The molecule has 2 aromatic carbocycles. The van der Waals surface area contributed by atoms with Crippen molar-refractivity contribution < 1.29 is 9.18 Å². The van der Waals surface area contributed by atoms with E-state index in [0.29, 0.717) is 11.1 Å². The third-order valence-corrected chi connectivity index (χ3v) is 4.04. The fraction of sp³-hybridized carbons (Fsp3) is 0.278. The molecular formula is C18H19FN2O. The first-order valence-corrected chi connectivity index (χ1v) is 7.51. The van der Waals surface area contributed by atoms with E-state index in [0.717, 1.165) is 30.6 Å². The van der Waals surface area contributed by atoms with E-state index in [1.54, 1.807) is 30.1 Å². The van der Waals surface area contributed by atoms with E-state index in [2.05, 4.69) is 5.32 Å². The molecule has 0 bridgehead atoms. The third kappa shape index (κ3) is 2.82. The van der Waals surface area contributed by atoms with Gasteiger partial charge in [0.15, 0.2) is 0 Å². The largest absolute Gasteiger partial charge is 0.385 e. The van der Waals surface area contributed by atoms with Gasteiger partial charge in [0.1, 0.15) is 5.82 Å². The van der Waals surface area contributed by atoms with E-state index in [-0.39, 0.29) is 18.3 Å². The minimum atomic E-state index is -0.279. The summed E-state index contributed by atoms with van der Waals surface area (Å²) in [5, 5.41) is 3.32. The molecule has 0 radical (unpaired) electrons. The van der Waals surface area contributed by atoms with Crippen LogP contribution in [0.2, 0.25) is 0 Å². The van der Waals surface area contributed by atoms with Crippen LogP contribution in [0.4, 0.5) is 10.1 Å². The number of nitrogens with one attached hydrogen (secondary N) is 1. The summed E-state index contributed by atoms with van der Waals surface area (Å²) in [6.07, 6.45) is 1.92. The number of nitrogens with zero attached hydrogens (tertiary/aromatic N) is 1. The second kappa shape index (κ2) is 6.18. The fourth-order valence-electron chi connectivity index (χ4n) is 2.87. The average Bonchev–Trinajstić information content (AvgIpc) is 2.55. The Bertz CT molecular complexity index is 699. The van der Waals surface area contributed by atoms with E-state index in [1.165, 1.54) is 6.07 Å². The maximum Gasteiger partial charge on any atom is 0.254 e. The molecule has 0 saturated carbocycles. The summed E-state index contributed by atoms with van der Waals surface area (Å²) in [6, 6.07) is 12.3. The van der Waals surface area contributed by atoms with Crippen LogP contribution < -0.4 is 5.32 Å². The van der Waals surface area contributed by atoms with Gasteiger partial charge in [-0.05, 0) is 36.6 Å². The van der Waals surface area contributed by atoms with Crippen molar-refractivity contribution in [2.24, 2.45) is 0 Å². The van der Waals surface area contributed by atoms with Crippen LogP contribution in [-0.4, -0.2) is 24.4 Å². The highest BCUT2D eigenvalue weighted by molar-refractivity contribution is 5.97. The summed E-state index contributed by atoms with van der Waals surface area (Å²) < 4.78 is 13.7. The Morgan fingerprint density at radius 2 is 2.05 bits per heavy atom. The number of amides is 1. The van der Waals surface area contributed by atoms with Crippen LogP contribution in [0.3, 0.4) is 0 Å². The molecule has 3 rings (SSSR count). The Balaban J connectivity index is 1.83. The molecule has 2 aromatic rings. The summed E-state index contributed by atoms with van der Waals surface area (Å²) in [6.45, 7) is 1.21. The maximum absolute atomic E-state index is 13.7. The zero-order valence-corrected chi connectivity index (χ0v) is 12.6. The lowest BCUT2D eigenvalue weighted by atomic mass is 9.97. The summed E-state index contributed by atoms with van der Waals surface area (Å²) in [7, 11) is 1.71. The quantitative estimate of drug-likeness (QED) is 0.941. The van der Waals surface area contributed by atoms with Crippen molar-refractivity contribution in [3.8, 4) is 0 Å². The fourth-order valence-corrected chi connectivity index (χ4v) is 2.87. The number of hydrogen-bond acceptors (Lipinski definition) is 2. The van der Waals surface area contributed by atoms with E-state index in [9.17, 15) is 9.18 Å². The summed E-state index contributed by atoms with van der Waals surface area (Å²) in [5.41, 5.74) is 3.35. The predicted molar refractivity (Wildman–Crippen MR) is 85.5 cm³/mol. The topological polar surface area (TPSA) is 32.3 Å². The molecule has 1 aliphatic rings. The van der Waals surface area contributed by atoms with E-state index in [1.807, 2.05) is 18.2 Å². The van der Waals surface area contributed by atoms with Crippen LogP contribution in [0.15, 0.2) is 42.5 Å².